The van der Waals surface area contributed by atoms with Crippen molar-refractivity contribution in [3.05, 3.63) is 0 Å². The molecule has 3 nitrogen and oxygen atoms in total. The summed E-state index contributed by atoms with van der Waals surface area (Å²) in [4.78, 5) is 20.1. The van der Waals surface area contributed by atoms with Crippen LogP contribution in [0.3, 0.4) is 0 Å². The first-order valence-electron chi connectivity index (χ1n) is 5.46. The summed E-state index contributed by atoms with van der Waals surface area (Å²) < 4.78 is 0. The summed E-state index contributed by atoms with van der Waals surface area (Å²) in [6.07, 6.45) is 0.0833. The lowest BCUT2D eigenvalue weighted by atomic mass is 10.2. The summed E-state index contributed by atoms with van der Waals surface area (Å²) in [5, 5.41) is 4.48. The van der Waals surface area contributed by atoms with Crippen LogP contribution in [-0.4, -0.2) is 31.2 Å². The molecule has 0 unspecified atom stereocenters. The van der Waals surface area contributed by atoms with Crippen molar-refractivity contribution >= 4 is 25.7 Å². The van der Waals surface area contributed by atoms with E-state index >= 15 is 0 Å². The van der Waals surface area contributed by atoms with E-state index in [1.165, 1.54) is 29.7 Å². The molecule has 15 heavy (non-hydrogen) atoms. The van der Waals surface area contributed by atoms with Gasteiger partial charge in [0.1, 0.15) is 11.6 Å². The molecule has 0 bridgehead atoms. The van der Waals surface area contributed by atoms with Crippen LogP contribution in [0, 0.1) is 0 Å². The lowest BCUT2D eigenvalue weighted by Gasteiger charge is -1.97. The van der Waals surface area contributed by atoms with Gasteiger partial charge in [0.2, 0.25) is 0 Å². The number of rotatable bonds is 5. The third-order valence-electron chi connectivity index (χ3n) is 2.23. The van der Waals surface area contributed by atoms with Crippen LogP contribution in [0.15, 0.2) is 0 Å². The Hall–Kier alpha value is -0.168. The van der Waals surface area contributed by atoms with Gasteiger partial charge in [0, 0.05) is 0 Å². The van der Waals surface area contributed by atoms with Crippen molar-refractivity contribution in [1.82, 2.24) is 0 Å². The molecule has 0 aromatic heterocycles. The normalized spacial score (nSPS) is 8.07. The first-order chi connectivity index (χ1) is 6.47. The van der Waals surface area contributed by atoms with Gasteiger partial charge in [0.15, 0.2) is 0 Å². The fraction of sp³-hybridized carbons (Fsp3) is 0.818. The van der Waals surface area contributed by atoms with Crippen molar-refractivity contribution in [2.75, 3.05) is 0 Å². The Kier molecular flexibility index (Phi) is 18.7. The van der Waals surface area contributed by atoms with Crippen molar-refractivity contribution < 1.29 is 15.1 Å². The van der Waals surface area contributed by atoms with Gasteiger partial charge in [-0.05, 0) is 13.8 Å². The van der Waals surface area contributed by atoms with E-state index in [0.717, 1.165) is 0 Å². The third-order valence-corrected chi connectivity index (χ3v) is 5.69. The topological polar surface area (TPSA) is 65.6 Å². The largest absolute Gasteiger partial charge is 0.412 e. The van der Waals surface area contributed by atoms with Crippen molar-refractivity contribution in [2.24, 2.45) is 0 Å². The Morgan fingerprint density at radius 2 is 1.13 bits per heavy atom. The minimum Gasteiger partial charge on any atom is -0.412 e. The zero-order valence-corrected chi connectivity index (χ0v) is 11.9. The van der Waals surface area contributed by atoms with Gasteiger partial charge in [-0.2, -0.15) is 0 Å². The second-order valence-corrected chi connectivity index (χ2v) is 7.85. The lowest BCUT2D eigenvalue weighted by Crippen LogP contribution is -2.04. The average Bonchev–Trinajstić information content (AvgIpc) is 2.06. The number of carbonyl (C=O) groups is 2. The molecule has 0 radical (unpaired) electrons. The SMILES string of the molecule is CC(=O)CC(C)=O.C[CH2][Al]([CH2]C)[CH2]C.O. The molecule has 0 fully saturated rings. The molecule has 0 aliphatic heterocycles. The van der Waals surface area contributed by atoms with Crippen LogP contribution in [0.4, 0.5) is 0 Å². The number of carbonyl (C=O) groups excluding carboxylic acids is 2. The van der Waals surface area contributed by atoms with Crippen molar-refractivity contribution in [2.45, 2.75) is 56.9 Å². The quantitative estimate of drug-likeness (QED) is 0.539. The molecule has 0 aliphatic rings. The molecule has 4 heteroatoms. The highest BCUT2D eigenvalue weighted by atomic mass is 27.2. The van der Waals surface area contributed by atoms with Crippen LogP contribution in [0.25, 0.3) is 0 Å². The number of ketones is 2. The van der Waals surface area contributed by atoms with E-state index in [-0.39, 0.29) is 37.6 Å². The number of hydrogen-bond donors (Lipinski definition) is 0. The summed E-state index contributed by atoms with van der Waals surface area (Å²) in [5.74, 6) is -0.125. The molecule has 0 spiro atoms. The standard InChI is InChI=1S/C5H8O2.3C2H5.Al.H2O/c1-4(6)3-5(2)7;3*1-2;;/h3H2,1-2H3;3*1H2,2H3;;1H2. The summed E-state index contributed by atoms with van der Waals surface area (Å²) in [6, 6.07) is 0. The van der Waals surface area contributed by atoms with E-state index in [0.29, 0.717) is 0 Å². The van der Waals surface area contributed by atoms with Gasteiger partial charge in [-0.25, -0.2) is 0 Å². The van der Waals surface area contributed by atoms with E-state index in [9.17, 15) is 9.59 Å². The molecule has 0 aromatic carbocycles. The Balaban J connectivity index is -0.000000180. The van der Waals surface area contributed by atoms with Gasteiger partial charge in [-0.3, -0.25) is 9.59 Å². The Morgan fingerprint density at radius 1 is 0.867 bits per heavy atom. The van der Waals surface area contributed by atoms with Crippen molar-refractivity contribution in [3.8, 4) is 0 Å². The zero-order valence-electron chi connectivity index (χ0n) is 10.7. The Bertz CT molecular complexity index is 148. The van der Waals surface area contributed by atoms with Gasteiger partial charge in [-0.15, -0.1) is 0 Å². The van der Waals surface area contributed by atoms with Crippen LogP contribution >= 0.6 is 0 Å². The van der Waals surface area contributed by atoms with Crippen LogP contribution in [0.2, 0.25) is 15.8 Å². The maximum atomic E-state index is 10.0. The summed E-state index contributed by atoms with van der Waals surface area (Å²) in [6.45, 7) is 9.78. The molecule has 0 saturated heterocycles. The molecule has 0 heterocycles. The van der Waals surface area contributed by atoms with E-state index in [1.807, 2.05) is 0 Å². The monoisotopic (exact) mass is 232 g/mol. The van der Waals surface area contributed by atoms with Crippen molar-refractivity contribution in [3.63, 3.8) is 0 Å². The first-order valence-corrected chi connectivity index (χ1v) is 7.91. The third kappa shape index (κ3) is 20.0. The van der Waals surface area contributed by atoms with Crippen LogP contribution in [-0.2, 0) is 9.59 Å². The lowest BCUT2D eigenvalue weighted by molar-refractivity contribution is -0.124. The number of Topliss-reactive ketones (excluding diaryl/α,β-unsaturated/α-hetero) is 2. The van der Waals surface area contributed by atoms with Gasteiger partial charge >= 0.3 is 0 Å². The van der Waals surface area contributed by atoms with Gasteiger partial charge in [0.25, 0.3) is 14.1 Å². The van der Waals surface area contributed by atoms with E-state index in [4.69, 9.17) is 0 Å². The summed E-state index contributed by atoms with van der Waals surface area (Å²) in [5.41, 5.74) is 0. The zero-order chi connectivity index (χ0) is 11.6. The second-order valence-electron chi connectivity index (χ2n) is 3.67. The minimum atomic E-state index is -0.171. The summed E-state index contributed by atoms with van der Waals surface area (Å²) in [7, 11) is 0. The Labute approximate surface area is 97.9 Å². The molecule has 2 N–H and O–H groups in total. The number of hydrogen-bond acceptors (Lipinski definition) is 2. The minimum absolute atomic E-state index is 0. The van der Waals surface area contributed by atoms with Crippen LogP contribution in [0.1, 0.15) is 41.0 Å². The first kappa shape index (κ1) is 20.3. The van der Waals surface area contributed by atoms with Gasteiger partial charge in [0.05, 0.1) is 6.42 Å². The summed E-state index contributed by atoms with van der Waals surface area (Å²) >= 11 is -0.171. The highest BCUT2D eigenvalue weighted by Gasteiger charge is 2.05. The van der Waals surface area contributed by atoms with E-state index < -0.39 is 0 Å². The smallest absolute Gasteiger partial charge is 0.261 e. The van der Waals surface area contributed by atoms with Gasteiger partial charge in [-0.1, -0.05) is 36.6 Å². The fourth-order valence-electron chi connectivity index (χ4n) is 1.22. The van der Waals surface area contributed by atoms with Gasteiger partial charge < -0.3 is 5.48 Å². The molecule has 90 valence electrons. The molecule has 0 atom stereocenters. The molecule has 0 aromatic rings. The molecule has 0 rings (SSSR count). The molecule has 0 aliphatic carbocycles. The fourth-order valence-corrected chi connectivity index (χ4v) is 2.95. The average molecular weight is 232 g/mol. The van der Waals surface area contributed by atoms with Crippen molar-refractivity contribution in [1.29, 1.82) is 0 Å². The van der Waals surface area contributed by atoms with E-state index in [1.54, 1.807) is 0 Å². The molecular weight excluding hydrogens is 207 g/mol. The predicted molar refractivity (Wildman–Crippen MR) is 66.8 cm³/mol. The van der Waals surface area contributed by atoms with Crippen LogP contribution < -0.4 is 0 Å². The maximum Gasteiger partial charge on any atom is 0.261 e. The highest BCUT2D eigenvalue weighted by molar-refractivity contribution is 6.58. The maximum absolute atomic E-state index is 10.0. The molecular formula is C11H25AlO3. The molecule has 0 amide bonds. The molecule has 0 saturated carbocycles. The Morgan fingerprint density at radius 3 is 1.13 bits per heavy atom. The van der Waals surface area contributed by atoms with E-state index in [2.05, 4.69) is 20.8 Å². The predicted octanol–water partition coefficient (Wildman–Crippen LogP) is 2.27. The second kappa shape index (κ2) is 13.8. The highest BCUT2D eigenvalue weighted by Crippen LogP contribution is 2.01. The van der Waals surface area contributed by atoms with Crippen LogP contribution in [0.5, 0.6) is 0 Å².